The average molecular weight is 568 g/mol. The predicted octanol–water partition coefficient (Wildman–Crippen LogP) is 6.03. The van der Waals surface area contributed by atoms with Gasteiger partial charge >= 0.3 is 22.3 Å². The smallest absolute Gasteiger partial charge is 0.416 e. The predicted molar refractivity (Wildman–Crippen MR) is 141 cm³/mol. The Morgan fingerprint density at radius 3 is 2.33 bits per heavy atom. The van der Waals surface area contributed by atoms with Crippen LogP contribution in [0, 0.1) is 0 Å². The molecule has 0 aliphatic rings. The molecule has 0 atom stereocenters. The van der Waals surface area contributed by atoms with E-state index in [2.05, 4.69) is 5.32 Å². The Labute approximate surface area is 226 Å². The van der Waals surface area contributed by atoms with E-state index in [1.165, 1.54) is 17.2 Å². The van der Waals surface area contributed by atoms with Crippen LogP contribution in [0.5, 0.6) is 5.75 Å². The Kier molecular flexibility index (Phi) is 9.54. The van der Waals surface area contributed by atoms with Gasteiger partial charge in [-0.05, 0) is 64.1 Å². The fourth-order valence-corrected chi connectivity index (χ4v) is 4.87. The van der Waals surface area contributed by atoms with Crippen LogP contribution in [0.4, 0.5) is 23.7 Å². The van der Waals surface area contributed by atoms with Crippen molar-refractivity contribution in [3.05, 3.63) is 77.7 Å². The molecule has 1 N–H and O–H groups in total. The van der Waals surface area contributed by atoms with Crippen molar-refractivity contribution in [1.82, 2.24) is 10.2 Å². The number of furan rings is 1. The number of nitrogens with one attached hydrogen (secondary N) is 1. The summed E-state index contributed by atoms with van der Waals surface area (Å²) in [6, 6.07) is 11.1. The zero-order valence-electron chi connectivity index (χ0n) is 22.2. The summed E-state index contributed by atoms with van der Waals surface area (Å²) in [6.07, 6.45) is -3.25. The second-order valence-electron chi connectivity index (χ2n) is 9.07. The molecule has 1 aromatic heterocycles. The number of hydrogen-bond acceptors (Lipinski definition) is 6. The maximum atomic E-state index is 13.2. The normalized spacial score (nSPS) is 11.9. The molecule has 212 valence electrons. The largest absolute Gasteiger partial charge is 0.467 e. The van der Waals surface area contributed by atoms with Crippen LogP contribution >= 0.6 is 0 Å². The van der Waals surface area contributed by atoms with Crippen molar-refractivity contribution >= 4 is 21.8 Å². The molecule has 3 aromatic rings. The fourth-order valence-electron chi connectivity index (χ4n) is 3.87. The molecule has 12 heteroatoms. The van der Waals surface area contributed by atoms with Crippen molar-refractivity contribution < 1.29 is 35.0 Å². The van der Waals surface area contributed by atoms with Gasteiger partial charge in [-0.2, -0.15) is 21.6 Å². The summed E-state index contributed by atoms with van der Waals surface area (Å²) in [6.45, 7) is 8.73. The Hall–Kier alpha value is -3.67. The van der Waals surface area contributed by atoms with Gasteiger partial charge < -0.3 is 23.7 Å². The van der Waals surface area contributed by atoms with E-state index in [1.807, 2.05) is 18.7 Å². The van der Waals surface area contributed by atoms with Crippen molar-refractivity contribution in [2.24, 2.45) is 0 Å². The number of amides is 2. The lowest BCUT2D eigenvalue weighted by atomic mass is 10.1. The summed E-state index contributed by atoms with van der Waals surface area (Å²) in [4.78, 5) is 15.7. The van der Waals surface area contributed by atoms with Gasteiger partial charge in [0.2, 0.25) is 0 Å². The number of rotatable bonds is 11. The third kappa shape index (κ3) is 7.92. The third-order valence-electron chi connectivity index (χ3n) is 5.82. The number of alkyl halides is 3. The van der Waals surface area contributed by atoms with Crippen molar-refractivity contribution in [2.45, 2.75) is 57.9 Å². The van der Waals surface area contributed by atoms with Gasteiger partial charge in [-0.3, -0.25) is 0 Å². The third-order valence-corrected chi connectivity index (χ3v) is 7.05. The molecule has 0 saturated heterocycles. The van der Waals surface area contributed by atoms with Crippen LogP contribution in [0.15, 0.2) is 70.2 Å². The van der Waals surface area contributed by atoms with E-state index in [-0.39, 0.29) is 24.9 Å². The molecular formula is C27H32F3N3O5S. The van der Waals surface area contributed by atoms with Crippen molar-refractivity contribution in [1.29, 1.82) is 0 Å². The SMILES string of the molecule is CCN(CC)c1ccc(CN(Cc2ccco2)C(=O)NC(C)C)c(OS(=O)(=O)c2cccc(C(F)(F)F)c2)c1. The first kappa shape index (κ1) is 29.9. The standard InChI is InChI=1S/C27H32F3N3O5S/c1-5-32(6-2)22-13-12-20(17-33(26(34)31-19(3)4)18-23-10-8-14-37-23)25(16-22)38-39(35,36)24-11-7-9-21(15-24)27(28,29)30/h7-16,19H,5-6,17-18H2,1-4H3,(H,31,34). The number of urea groups is 1. The van der Waals surface area contributed by atoms with E-state index in [0.29, 0.717) is 36.2 Å². The van der Waals surface area contributed by atoms with E-state index in [4.69, 9.17) is 8.60 Å². The maximum Gasteiger partial charge on any atom is 0.416 e. The molecule has 0 fully saturated rings. The Balaban J connectivity index is 2.04. The van der Waals surface area contributed by atoms with E-state index in [1.54, 1.807) is 38.1 Å². The molecule has 2 amide bonds. The Morgan fingerprint density at radius 1 is 1.03 bits per heavy atom. The molecule has 1 heterocycles. The van der Waals surface area contributed by atoms with Gasteiger partial charge in [-0.25, -0.2) is 4.79 Å². The summed E-state index contributed by atoms with van der Waals surface area (Å²) >= 11 is 0. The molecule has 0 bridgehead atoms. The molecule has 8 nitrogen and oxygen atoms in total. The summed E-state index contributed by atoms with van der Waals surface area (Å²) in [7, 11) is -4.66. The van der Waals surface area contributed by atoms with Gasteiger partial charge in [0.05, 0.1) is 24.9 Å². The Bertz CT molecular complexity index is 1360. The minimum Gasteiger partial charge on any atom is -0.467 e. The van der Waals surface area contributed by atoms with E-state index in [9.17, 15) is 26.4 Å². The number of hydrogen-bond donors (Lipinski definition) is 1. The van der Waals surface area contributed by atoms with Crippen LogP contribution in [-0.4, -0.2) is 38.5 Å². The second-order valence-corrected chi connectivity index (χ2v) is 10.6. The summed E-state index contributed by atoms with van der Waals surface area (Å²) < 4.78 is 76.9. The number of benzene rings is 2. The first-order chi connectivity index (χ1) is 18.3. The van der Waals surface area contributed by atoms with Crippen LogP contribution in [-0.2, 0) is 29.4 Å². The van der Waals surface area contributed by atoms with Crippen molar-refractivity contribution in [3.8, 4) is 5.75 Å². The van der Waals surface area contributed by atoms with Gasteiger partial charge in [0.15, 0.2) is 0 Å². The molecule has 0 radical (unpaired) electrons. The van der Waals surface area contributed by atoms with Crippen LogP contribution in [0.1, 0.15) is 44.6 Å². The summed E-state index contributed by atoms with van der Waals surface area (Å²) in [5.74, 6) is 0.409. The van der Waals surface area contributed by atoms with E-state index in [0.717, 1.165) is 18.2 Å². The molecule has 0 aliphatic heterocycles. The van der Waals surface area contributed by atoms with Crippen LogP contribution in [0.25, 0.3) is 0 Å². The van der Waals surface area contributed by atoms with E-state index >= 15 is 0 Å². The highest BCUT2D eigenvalue weighted by atomic mass is 32.2. The highest BCUT2D eigenvalue weighted by Crippen LogP contribution is 2.33. The summed E-state index contributed by atoms with van der Waals surface area (Å²) in [5, 5.41) is 2.81. The van der Waals surface area contributed by atoms with Crippen LogP contribution in [0.2, 0.25) is 0 Å². The lowest BCUT2D eigenvalue weighted by Gasteiger charge is -2.26. The fraction of sp³-hybridized carbons (Fsp3) is 0.370. The number of carbonyl (C=O) groups is 1. The lowest BCUT2D eigenvalue weighted by Crippen LogP contribution is -2.42. The number of carbonyl (C=O) groups excluding carboxylic acids is 1. The quantitative estimate of drug-likeness (QED) is 0.285. The molecule has 39 heavy (non-hydrogen) atoms. The molecule has 0 aliphatic carbocycles. The second kappa shape index (κ2) is 12.5. The van der Waals surface area contributed by atoms with E-state index < -0.39 is 32.8 Å². The van der Waals surface area contributed by atoms with Crippen LogP contribution in [0.3, 0.4) is 0 Å². The van der Waals surface area contributed by atoms with Gasteiger partial charge in [0.1, 0.15) is 16.4 Å². The Morgan fingerprint density at radius 2 is 1.74 bits per heavy atom. The van der Waals surface area contributed by atoms with Gasteiger partial charge in [0, 0.05) is 36.4 Å². The zero-order chi connectivity index (χ0) is 28.8. The van der Waals surface area contributed by atoms with Crippen molar-refractivity contribution in [2.75, 3.05) is 18.0 Å². The average Bonchev–Trinajstić information content (AvgIpc) is 3.38. The molecule has 0 saturated carbocycles. The zero-order valence-corrected chi connectivity index (χ0v) is 23.0. The first-order valence-electron chi connectivity index (χ1n) is 12.4. The highest BCUT2D eigenvalue weighted by Gasteiger charge is 2.32. The first-order valence-corrected chi connectivity index (χ1v) is 13.8. The molecule has 0 spiro atoms. The highest BCUT2D eigenvalue weighted by molar-refractivity contribution is 7.87. The topological polar surface area (TPSA) is 92.1 Å². The minimum atomic E-state index is -4.73. The maximum absolute atomic E-state index is 13.2. The number of halogens is 3. The van der Waals surface area contributed by atoms with Gasteiger partial charge in [0.25, 0.3) is 0 Å². The molecule has 0 unspecified atom stereocenters. The minimum absolute atomic E-state index is 0.0643. The van der Waals surface area contributed by atoms with Crippen molar-refractivity contribution in [3.63, 3.8) is 0 Å². The monoisotopic (exact) mass is 567 g/mol. The molecule has 3 rings (SSSR count). The lowest BCUT2D eigenvalue weighted by molar-refractivity contribution is -0.137. The van der Waals surface area contributed by atoms with Crippen LogP contribution < -0.4 is 14.4 Å². The van der Waals surface area contributed by atoms with Gasteiger partial charge in [-0.1, -0.05) is 12.1 Å². The molecular weight excluding hydrogens is 535 g/mol. The molecule has 2 aromatic carbocycles. The summed E-state index contributed by atoms with van der Waals surface area (Å²) in [5.41, 5.74) is -0.117. The van der Waals surface area contributed by atoms with Gasteiger partial charge in [-0.15, -0.1) is 0 Å². The number of anilines is 1. The number of nitrogens with zero attached hydrogens (tertiary/aromatic N) is 2.